The minimum atomic E-state index is 0.732. The summed E-state index contributed by atoms with van der Waals surface area (Å²) in [7, 11) is 0. The molecule has 0 spiro atoms. The van der Waals surface area contributed by atoms with Gasteiger partial charge in [0.25, 0.3) is 0 Å². The van der Waals surface area contributed by atoms with Crippen molar-refractivity contribution in [3.8, 4) is 11.5 Å². The van der Waals surface area contributed by atoms with Crippen molar-refractivity contribution in [1.29, 1.82) is 0 Å². The Morgan fingerprint density at radius 1 is 1.09 bits per heavy atom. The van der Waals surface area contributed by atoms with Crippen LogP contribution in [0.15, 0.2) is 71.5 Å². The summed E-state index contributed by atoms with van der Waals surface area (Å²) in [6, 6.07) is 18.3. The molecule has 1 N–H and O–H groups in total. The zero-order valence-electron chi connectivity index (χ0n) is 12.9. The van der Waals surface area contributed by atoms with Gasteiger partial charge in [-0.3, -0.25) is 4.40 Å². The molecule has 0 fully saturated rings. The summed E-state index contributed by atoms with van der Waals surface area (Å²) in [4.78, 5) is 4.73. The van der Waals surface area contributed by atoms with Gasteiger partial charge in [0, 0.05) is 12.7 Å². The molecule has 1 aromatic carbocycles. The summed E-state index contributed by atoms with van der Waals surface area (Å²) in [5, 5.41) is 3.50. The molecule has 4 nitrogen and oxygen atoms in total. The van der Waals surface area contributed by atoms with E-state index in [0.29, 0.717) is 0 Å². The summed E-state index contributed by atoms with van der Waals surface area (Å²) in [5.74, 6) is 1.71. The van der Waals surface area contributed by atoms with Crippen LogP contribution in [0.1, 0.15) is 11.1 Å². The van der Waals surface area contributed by atoms with Gasteiger partial charge in [0.05, 0.1) is 6.26 Å². The van der Waals surface area contributed by atoms with Crippen molar-refractivity contribution >= 4 is 11.5 Å². The summed E-state index contributed by atoms with van der Waals surface area (Å²) < 4.78 is 7.62. The number of furan rings is 1. The Bertz CT molecular complexity index is 924. The highest BCUT2D eigenvalue weighted by Crippen LogP contribution is 2.29. The second kappa shape index (κ2) is 5.65. The van der Waals surface area contributed by atoms with Gasteiger partial charge in [-0.15, -0.1) is 0 Å². The number of fused-ring (bicyclic) bond motifs is 1. The Morgan fingerprint density at radius 2 is 1.96 bits per heavy atom. The largest absolute Gasteiger partial charge is 0.463 e. The fraction of sp³-hybridized carbons (Fsp3) is 0.105. The first-order valence-corrected chi connectivity index (χ1v) is 7.61. The number of hydrogen-bond acceptors (Lipinski definition) is 3. The molecule has 0 bridgehead atoms. The second-order valence-electron chi connectivity index (χ2n) is 5.56. The normalized spacial score (nSPS) is 11.0. The molecule has 0 saturated heterocycles. The van der Waals surface area contributed by atoms with E-state index in [4.69, 9.17) is 9.40 Å². The molecule has 0 saturated carbocycles. The quantitative estimate of drug-likeness (QED) is 0.603. The number of rotatable bonds is 4. The van der Waals surface area contributed by atoms with E-state index >= 15 is 0 Å². The molecule has 0 unspecified atom stereocenters. The molecule has 0 aliphatic rings. The van der Waals surface area contributed by atoms with E-state index in [1.54, 1.807) is 6.26 Å². The highest BCUT2D eigenvalue weighted by atomic mass is 16.3. The zero-order chi connectivity index (χ0) is 15.6. The first kappa shape index (κ1) is 13.6. The summed E-state index contributed by atoms with van der Waals surface area (Å²) in [5.41, 5.74) is 4.14. The van der Waals surface area contributed by atoms with Gasteiger partial charge in [0.15, 0.2) is 5.76 Å². The molecule has 4 heteroatoms. The maximum absolute atomic E-state index is 5.56. The van der Waals surface area contributed by atoms with E-state index in [9.17, 15) is 0 Å². The van der Waals surface area contributed by atoms with Crippen LogP contribution in [-0.4, -0.2) is 9.38 Å². The third kappa shape index (κ3) is 2.59. The number of aryl methyl sites for hydroxylation is 1. The van der Waals surface area contributed by atoms with Crippen molar-refractivity contribution in [2.75, 3.05) is 5.32 Å². The standard InChI is InChI=1S/C19H17N3O/c1-14-9-10-22-17(12-14)21-18(16-8-5-11-23-16)19(22)20-13-15-6-3-2-4-7-15/h2-12,20H,13H2,1H3. The number of pyridine rings is 1. The van der Waals surface area contributed by atoms with Crippen molar-refractivity contribution in [2.45, 2.75) is 13.5 Å². The molecule has 114 valence electrons. The lowest BCUT2D eigenvalue weighted by molar-refractivity contribution is 0.580. The van der Waals surface area contributed by atoms with Crippen molar-refractivity contribution < 1.29 is 4.42 Å². The van der Waals surface area contributed by atoms with Crippen LogP contribution in [0.25, 0.3) is 17.1 Å². The van der Waals surface area contributed by atoms with E-state index in [-0.39, 0.29) is 0 Å². The van der Waals surface area contributed by atoms with Gasteiger partial charge in [0.2, 0.25) is 0 Å². The number of benzene rings is 1. The SMILES string of the molecule is Cc1ccn2c(NCc3ccccc3)c(-c3ccco3)nc2c1. The summed E-state index contributed by atoms with van der Waals surface area (Å²) in [6.07, 6.45) is 3.71. The minimum Gasteiger partial charge on any atom is -0.463 e. The van der Waals surface area contributed by atoms with E-state index in [2.05, 4.69) is 40.9 Å². The second-order valence-corrected chi connectivity index (χ2v) is 5.56. The van der Waals surface area contributed by atoms with E-state index in [1.165, 1.54) is 11.1 Å². The molecule has 0 amide bonds. The molecule has 4 rings (SSSR count). The molecule has 0 atom stereocenters. The molecule has 0 radical (unpaired) electrons. The van der Waals surface area contributed by atoms with Gasteiger partial charge in [-0.2, -0.15) is 0 Å². The Hall–Kier alpha value is -3.01. The average molecular weight is 303 g/mol. The molecule has 3 heterocycles. The van der Waals surface area contributed by atoms with E-state index in [1.807, 2.05) is 36.5 Å². The van der Waals surface area contributed by atoms with Crippen LogP contribution in [-0.2, 0) is 6.54 Å². The van der Waals surface area contributed by atoms with Gasteiger partial charge < -0.3 is 9.73 Å². The number of nitrogens with one attached hydrogen (secondary N) is 1. The van der Waals surface area contributed by atoms with Gasteiger partial charge in [-0.25, -0.2) is 4.98 Å². The van der Waals surface area contributed by atoms with Crippen LogP contribution in [0.3, 0.4) is 0 Å². The van der Waals surface area contributed by atoms with Gasteiger partial charge in [0.1, 0.15) is 17.2 Å². The van der Waals surface area contributed by atoms with E-state index in [0.717, 1.165) is 29.5 Å². The van der Waals surface area contributed by atoms with Crippen LogP contribution < -0.4 is 5.32 Å². The Balaban J connectivity index is 1.78. The Morgan fingerprint density at radius 3 is 2.74 bits per heavy atom. The monoisotopic (exact) mass is 303 g/mol. The molecular weight excluding hydrogens is 286 g/mol. The van der Waals surface area contributed by atoms with Crippen LogP contribution in [0.2, 0.25) is 0 Å². The highest BCUT2D eigenvalue weighted by Gasteiger charge is 2.16. The molecule has 4 aromatic rings. The van der Waals surface area contributed by atoms with Gasteiger partial charge in [-0.1, -0.05) is 30.3 Å². The fourth-order valence-corrected chi connectivity index (χ4v) is 2.68. The van der Waals surface area contributed by atoms with Crippen LogP contribution >= 0.6 is 0 Å². The lowest BCUT2D eigenvalue weighted by atomic mass is 10.2. The molecule has 23 heavy (non-hydrogen) atoms. The molecule has 0 aliphatic heterocycles. The van der Waals surface area contributed by atoms with Crippen molar-refractivity contribution in [3.05, 3.63) is 78.2 Å². The predicted molar refractivity (Wildman–Crippen MR) is 91.4 cm³/mol. The third-order valence-electron chi connectivity index (χ3n) is 3.84. The number of anilines is 1. The zero-order valence-corrected chi connectivity index (χ0v) is 12.9. The highest BCUT2D eigenvalue weighted by molar-refractivity contribution is 5.73. The number of hydrogen-bond donors (Lipinski definition) is 1. The van der Waals surface area contributed by atoms with Gasteiger partial charge >= 0.3 is 0 Å². The Labute approximate surface area is 134 Å². The third-order valence-corrected chi connectivity index (χ3v) is 3.84. The number of aromatic nitrogens is 2. The maximum Gasteiger partial charge on any atom is 0.156 e. The fourth-order valence-electron chi connectivity index (χ4n) is 2.68. The van der Waals surface area contributed by atoms with Gasteiger partial charge in [-0.05, 0) is 42.3 Å². The van der Waals surface area contributed by atoms with Crippen molar-refractivity contribution in [1.82, 2.24) is 9.38 Å². The van der Waals surface area contributed by atoms with Crippen molar-refractivity contribution in [2.24, 2.45) is 0 Å². The first-order chi connectivity index (χ1) is 11.3. The van der Waals surface area contributed by atoms with Crippen LogP contribution in [0, 0.1) is 6.92 Å². The molecule has 3 aromatic heterocycles. The average Bonchev–Trinajstić information content (AvgIpc) is 3.21. The topological polar surface area (TPSA) is 42.5 Å². The molecular formula is C19H17N3O. The first-order valence-electron chi connectivity index (χ1n) is 7.61. The lowest BCUT2D eigenvalue weighted by Crippen LogP contribution is -2.03. The smallest absolute Gasteiger partial charge is 0.156 e. The minimum absolute atomic E-state index is 0.732. The lowest BCUT2D eigenvalue weighted by Gasteiger charge is -2.08. The summed E-state index contributed by atoms with van der Waals surface area (Å²) in [6.45, 7) is 2.80. The maximum atomic E-state index is 5.56. The number of imidazole rings is 1. The Kier molecular flexibility index (Phi) is 3.35. The predicted octanol–water partition coefficient (Wildman–Crippen LogP) is 4.51. The van der Waals surface area contributed by atoms with Crippen LogP contribution in [0.5, 0.6) is 0 Å². The molecule has 0 aliphatic carbocycles. The van der Waals surface area contributed by atoms with Crippen LogP contribution in [0.4, 0.5) is 5.82 Å². The van der Waals surface area contributed by atoms with Crippen molar-refractivity contribution in [3.63, 3.8) is 0 Å². The summed E-state index contributed by atoms with van der Waals surface area (Å²) >= 11 is 0. The van der Waals surface area contributed by atoms with E-state index < -0.39 is 0 Å². The number of nitrogens with zero attached hydrogens (tertiary/aromatic N) is 2.